The SMILES string of the molecule is CCNc1nc(-c2ccc(C)c(F)c2)nc(C)c1Br. The minimum atomic E-state index is -0.244. The molecule has 0 amide bonds. The summed E-state index contributed by atoms with van der Waals surface area (Å²) < 4.78 is 14.5. The van der Waals surface area contributed by atoms with Crippen LogP contribution in [0.5, 0.6) is 0 Å². The van der Waals surface area contributed by atoms with E-state index in [0.29, 0.717) is 17.0 Å². The van der Waals surface area contributed by atoms with E-state index in [0.717, 1.165) is 22.5 Å². The molecule has 19 heavy (non-hydrogen) atoms. The van der Waals surface area contributed by atoms with Crippen molar-refractivity contribution in [1.29, 1.82) is 0 Å². The maximum absolute atomic E-state index is 13.6. The Kier molecular flexibility index (Phi) is 4.14. The van der Waals surface area contributed by atoms with Gasteiger partial charge in [-0.1, -0.05) is 12.1 Å². The molecule has 0 aliphatic rings. The third kappa shape index (κ3) is 2.92. The first-order valence-corrected chi connectivity index (χ1v) is 6.86. The molecule has 1 N–H and O–H groups in total. The maximum Gasteiger partial charge on any atom is 0.161 e. The number of aromatic nitrogens is 2. The highest BCUT2D eigenvalue weighted by molar-refractivity contribution is 9.10. The zero-order valence-corrected chi connectivity index (χ0v) is 12.7. The van der Waals surface area contributed by atoms with Gasteiger partial charge in [-0.15, -0.1) is 0 Å². The van der Waals surface area contributed by atoms with E-state index in [2.05, 4.69) is 31.2 Å². The number of benzene rings is 1. The number of nitrogens with zero attached hydrogens (tertiary/aromatic N) is 2. The first kappa shape index (κ1) is 13.9. The molecule has 5 heteroatoms. The Balaban J connectivity index is 2.52. The van der Waals surface area contributed by atoms with Crippen LogP contribution in [0.15, 0.2) is 22.7 Å². The lowest BCUT2D eigenvalue weighted by molar-refractivity contribution is 0.619. The van der Waals surface area contributed by atoms with Gasteiger partial charge in [0.15, 0.2) is 5.82 Å². The number of rotatable bonds is 3. The van der Waals surface area contributed by atoms with Gasteiger partial charge >= 0.3 is 0 Å². The number of aryl methyl sites for hydroxylation is 2. The zero-order chi connectivity index (χ0) is 14.0. The molecular formula is C14H15BrFN3. The largest absolute Gasteiger partial charge is 0.369 e. The zero-order valence-electron chi connectivity index (χ0n) is 11.1. The van der Waals surface area contributed by atoms with Crippen LogP contribution in [0.1, 0.15) is 18.2 Å². The summed E-state index contributed by atoms with van der Waals surface area (Å²) in [6.45, 7) is 6.38. The Morgan fingerprint density at radius 1 is 1.26 bits per heavy atom. The first-order valence-electron chi connectivity index (χ1n) is 6.07. The third-order valence-electron chi connectivity index (χ3n) is 2.79. The lowest BCUT2D eigenvalue weighted by Gasteiger charge is -2.10. The van der Waals surface area contributed by atoms with Gasteiger partial charge < -0.3 is 5.32 Å². The average molecular weight is 324 g/mol. The molecule has 0 aliphatic heterocycles. The molecule has 0 atom stereocenters. The minimum absolute atomic E-state index is 0.244. The van der Waals surface area contributed by atoms with Crippen LogP contribution in [-0.4, -0.2) is 16.5 Å². The molecule has 100 valence electrons. The molecule has 0 fully saturated rings. The topological polar surface area (TPSA) is 37.8 Å². The fraction of sp³-hybridized carbons (Fsp3) is 0.286. The van der Waals surface area contributed by atoms with E-state index >= 15 is 0 Å². The molecule has 2 rings (SSSR count). The fourth-order valence-corrected chi connectivity index (χ4v) is 2.02. The third-order valence-corrected chi connectivity index (χ3v) is 3.74. The van der Waals surface area contributed by atoms with Crippen LogP contribution in [0.2, 0.25) is 0 Å². The van der Waals surface area contributed by atoms with Gasteiger partial charge in [0, 0.05) is 12.1 Å². The summed E-state index contributed by atoms with van der Waals surface area (Å²) in [7, 11) is 0. The highest BCUT2D eigenvalue weighted by atomic mass is 79.9. The van der Waals surface area contributed by atoms with Gasteiger partial charge in [0.25, 0.3) is 0 Å². The molecule has 0 saturated heterocycles. The van der Waals surface area contributed by atoms with Crippen molar-refractivity contribution < 1.29 is 4.39 Å². The van der Waals surface area contributed by atoms with Crippen molar-refractivity contribution in [2.24, 2.45) is 0 Å². The Bertz CT molecular complexity index is 614. The summed E-state index contributed by atoms with van der Waals surface area (Å²) in [4.78, 5) is 8.82. The van der Waals surface area contributed by atoms with Crippen LogP contribution in [0.3, 0.4) is 0 Å². The van der Waals surface area contributed by atoms with Crippen molar-refractivity contribution in [3.63, 3.8) is 0 Å². The second-order valence-electron chi connectivity index (χ2n) is 4.29. The summed E-state index contributed by atoms with van der Waals surface area (Å²) in [6.07, 6.45) is 0. The summed E-state index contributed by atoms with van der Waals surface area (Å²) in [6, 6.07) is 5.03. The van der Waals surface area contributed by atoms with Crippen molar-refractivity contribution in [1.82, 2.24) is 9.97 Å². The van der Waals surface area contributed by atoms with Crippen molar-refractivity contribution in [3.05, 3.63) is 39.7 Å². The summed E-state index contributed by atoms with van der Waals surface area (Å²) in [5.41, 5.74) is 2.12. The van der Waals surface area contributed by atoms with Gasteiger partial charge in [0.05, 0.1) is 10.2 Å². The molecule has 0 bridgehead atoms. The van der Waals surface area contributed by atoms with E-state index in [1.807, 2.05) is 19.9 Å². The molecule has 0 saturated carbocycles. The Hall–Kier alpha value is -1.49. The maximum atomic E-state index is 13.6. The van der Waals surface area contributed by atoms with E-state index in [4.69, 9.17) is 0 Å². The Morgan fingerprint density at radius 2 is 2.00 bits per heavy atom. The molecule has 0 radical (unpaired) electrons. The molecule has 0 spiro atoms. The summed E-state index contributed by atoms with van der Waals surface area (Å²) in [5, 5.41) is 3.16. The number of anilines is 1. The average Bonchev–Trinajstić information content (AvgIpc) is 2.38. The van der Waals surface area contributed by atoms with Crippen LogP contribution in [-0.2, 0) is 0 Å². The van der Waals surface area contributed by atoms with E-state index in [-0.39, 0.29) is 5.82 Å². The predicted molar refractivity (Wildman–Crippen MR) is 78.8 cm³/mol. The van der Waals surface area contributed by atoms with E-state index < -0.39 is 0 Å². The number of nitrogens with one attached hydrogen (secondary N) is 1. The summed E-state index contributed by atoms with van der Waals surface area (Å²) >= 11 is 3.45. The summed E-state index contributed by atoms with van der Waals surface area (Å²) in [5.74, 6) is 1.01. The second kappa shape index (κ2) is 5.65. The minimum Gasteiger partial charge on any atom is -0.369 e. The van der Waals surface area contributed by atoms with E-state index in [1.54, 1.807) is 13.0 Å². The first-order chi connectivity index (χ1) is 9.02. The second-order valence-corrected chi connectivity index (χ2v) is 5.08. The fourth-order valence-electron chi connectivity index (χ4n) is 1.70. The van der Waals surface area contributed by atoms with Gasteiger partial charge in [-0.3, -0.25) is 0 Å². The van der Waals surface area contributed by atoms with Crippen LogP contribution >= 0.6 is 15.9 Å². The van der Waals surface area contributed by atoms with Crippen LogP contribution < -0.4 is 5.32 Å². The quantitative estimate of drug-likeness (QED) is 0.924. The van der Waals surface area contributed by atoms with E-state index in [1.165, 1.54) is 6.07 Å². The molecule has 0 aliphatic carbocycles. The number of hydrogen-bond acceptors (Lipinski definition) is 3. The highest BCUT2D eigenvalue weighted by Gasteiger charge is 2.11. The van der Waals surface area contributed by atoms with E-state index in [9.17, 15) is 4.39 Å². The van der Waals surface area contributed by atoms with Crippen molar-refractivity contribution in [3.8, 4) is 11.4 Å². The Morgan fingerprint density at radius 3 is 2.63 bits per heavy atom. The number of halogens is 2. The molecule has 3 nitrogen and oxygen atoms in total. The molecule has 2 aromatic rings. The normalized spacial score (nSPS) is 10.6. The smallest absolute Gasteiger partial charge is 0.161 e. The highest BCUT2D eigenvalue weighted by Crippen LogP contribution is 2.27. The molecule has 1 heterocycles. The number of hydrogen-bond donors (Lipinski definition) is 1. The van der Waals surface area contributed by atoms with Gasteiger partial charge in [0.1, 0.15) is 11.6 Å². The molecule has 0 unspecified atom stereocenters. The molecule has 1 aromatic heterocycles. The molecular weight excluding hydrogens is 309 g/mol. The monoisotopic (exact) mass is 323 g/mol. The van der Waals surface area contributed by atoms with Gasteiger partial charge in [-0.05, 0) is 48.3 Å². The van der Waals surface area contributed by atoms with Crippen LogP contribution in [0.4, 0.5) is 10.2 Å². The van der Waals surface area contributed by atoms with Crippen molar-refractivity contribution in [2.45, 2.75) is 20.8 Å². The predicted octanol–water partition coefficient (Wildman–Crippen LogP) is 4.09. The lowest BCUT2D eigenvalue weighted by Crippen LogP contribution is -2.04. The van der Waals surface area contributed by atoms with Crippen molar-refractivity contribution in [2.75, 3.05) is 11.9 Å². The standard InChI is InChI=1S/C14H15BrFN3/c1-4-17-14-12(15)9(3)18-13(19-14)10-6-5-8(2)11(16)7-10/h5-7H,4H2,1-3H3,(H,17,18,19). The van der Waals surface area contributed by atoms with Gasteiger partial charge in [-0.25, -0.2) is 14.4 Å². The van der Waals surface area contributed by atoms with Crippen molar-refractivity contribution >= 4 is 21.7 Å². The molecule has 1 aromatic carbocycles. The lowest BCUT2D eigenvalue weighted by atomic mass is 10.1. The van der Waals surface area contributed by atoms with Crippen LogP contribution in [0.25, 0.3) is 11.4 Å². The van der Waals surface area contributed by atoms with Gasteiger partial charge in [-0.2, -0.15) is 0 Å². The van der Waals surface area contributed by atoms with Gasteiger partial charge in [0.2, 0.25) is 0 Å². The Labute approximate surface area is 120 Å². The van der Waals surface area contributed by atoms with Crippen LogP contribution in [0, 0.1) is 19.7 Å².